The largest absolute Gasteiger partial charge is 0.398 e. The molecule has 0 spiro atoms. The zero-order valence-electron chi connectivity index (χ0n) is 9.16. The molecule has 0 radical (unpaired) electrons. The molecule has 3 N–H and O–H groups in total. The van der Waals surface area contributed by atoms with Crippen LogP contribution in [0.2, 0.25) is 5.02 Å². The smallest absolute Gasteiger partial charge is 0.243 e. The molecule has 86 valence electrons. The number of amides is 1. The van der Waals surface area contributed by atoms with Crippen LogP contribution in [0.5, 0.6) is 0 Å². The Morgan fingerprint density at radius 3 is 2.94 bits per heavy atom. The molecule has 16 heavy (non-hydrogen) atoms. The average Bonchev–Trinajstić information content (AvgIpc) is 2.25. The highest BCUT2D eigenvalue weighted by Crippen LogP contribution is 2.17. The number of hydrogen-bond donors (Lipinski definition) is 2. The number of halogens is 1. The first-order chi connectivity index (χ1) is 7.63. The summed E-state index contributed by atoms with van der Waals surface area (Å²) in [6.45, 7) is 2.39. The Hall–Kier alpha value is -1.48. The third-order valence-corrected chi connectivity index (χ3v) is 2.30. The van der Waals surface area contributed by atoms with E-state index in [9.17, 15) is 4.79 Å². The summed E-state index contributed by atoms with van der Waals surface area (Å²) in [4.78, 5) is 11.3. The van der Waals surface area contributed by atoms with E-state index < -0.39 is 0 Å². The number of nitrogens with two attached hydrogens (primary N) is 1. The normalized spacial score (nSPS) is 10.6. The number of rotatable bonds is 4. The molecule has 1 rings (SSSR count). The van der Waals surface area contributed by atoms with Gasteiger partial charge in [0, 0.05) is 17.3 Å². The highest BCUT2D eigenvalue weighted by Gasteiger charge is 2.01. The molecule has 0 unspecified atom stereocenters. The van der Waals surface area contributed by atoms with Crippen molar-refractivity contribution in [3.8, 4) is 0 Å². The standard InChI is InChI=1S/C12H15ClN2O/c1-2-3-4-12(16)15-8-9-5-6-10(13)7-11(9)14/h3-7H,2,8,14H2,1H3,(H,15,16). The number of carbonyl (C=O) groups is 1. The Balaban J connectivity index is 2.55. The van der Waals surface area contributed by atoms with Gasteiger partial charge in [-0.2, -0.15) is 0 Å². The molecule has 0 heterocycles. The van der Waals surface area contributed by atoms with Crippen molar-refractivity contribution in [3.63, 3.8) is 0 Å². The van der Waals surface area contributed by atoms with Crippen molar-refractivity contribution in [3.05, 3.63) is 40.9 Å². The van der Waals surface area contributed by atoms with Crippen LogP contribution in [-0.4, -0.2) is 5.91 Å². The molecule has 1 aromatic rings. The number of allylic oxidation sites excluding steroid dienone is 1. The summed E-state index contributed by atoms with van der Waals surface area (Å²) in [6, 6.07) is 5.23. The number of anilines is 1. The van der Waals surface area contributed by atoms with Crippen molar-refractivity contribution in [2.75, 3.05) is 5.73 Å². The van der Waals surface area contributed by atoms with E-state index in [0.717, 1.165) is 12.0 Å². The molecule has 0 saturated carbocycles. The van der Waals surface area contributed by atoms with Gasteiger partial charge in [0.2, 0.25) is 5.91 Å². The van der Waals surface area contributed by atoms with Gasteiger partial charge in [0.25, 0.3) is 0 Å². The van der Waals surface area contributed by atoms with Gasteiger partial charge in [-0.15, -0.1) is 0 Å². The van der Waals surface area contributed by atoms with E-state index in [1.54, 1.807) is 18.2 Å². The molecular formula is C12H15ClN2O. The number of benzene rings is 1. The lowest BCUT2D eigenvalue weighted by molar-refractivity contribution is -0.116. The van der Waals surface area contributed by atoms with E-state index in [-0.39, 0.29) is 5.91 Å². The van der Waals surface area contributed by atoms with Crippen molar-refractivity contribution in [1.29, 1.82) is 0 Å². The molecule has 0 aromatic heterocycles. The van der Waals surface area contributed by atoms with Crippen molar-refractivity contribution in [2.24, 2.45) is 0 Å². The van der Waals surface area contributed by atoms with Crippen LogP contribution in [0, 0.1) is 0 Å². The first-order valence-electron chi connectivity index (χ1n) is 5.11. The summed E-state index contributed by atoms with van der Waals surface area (Å²) in [6.07, 6.45) is 4.17. The molecule has 0 aliphatic heterocycles. The molecule has 1 aromatic carbocycles. The fraction of sp³-hybridized carbons (Fsp3) is 0.250. The van der Waals surface area contributed by atoms with E-state index in [1.807, 2.05) is 13.0 Å². The lowest BCUT2D eigenvalue weighted by Gasteiger charge is -2.06. The Bertz CT molecular complexity index is 402. The Morgan fingerprint density at radius 1 is 1.56 bits per heavy atom. The van der Waals surface area contributed by atoms with Gasteiger partial charge >= 0.3 is 0 Å². The summed E-state index contributed by atoms with van der Waals surface area (Å²) in [5, 5.41) is 3.34. The maximum absolute atomic E-state index is 11.3. The van der Waals surface area contributed by atoms with Crippen LogP contribution in [0.25, 0.3) is 0 Å². The molecule has 4 heteroatoms. The predicted octanol–water partition coefficient (Wildman–Crippen LogP) is 2.50. The van der Waals surface area contributed by atoms with E-state index >= 15 is 0 Å². The van der Waals surface area contributed by atoms with Crippen LogP contribution >= 0.6 is 11.6 Å². The quantitative estimate of drug-likeness (QED) is 0.626. The van der Waals surface area contributed by atoms with Crippen molar-refractivity contribution in [1.82, 2.24) is 5.32 Å². The summed E-state index contributed by atoms with van der Waals surface area (Å²) >= 11 is 5.77. The minimum Gasteiger partial charge on any atom is -0.398 e. The summed E-state index contributed by atoms with van der Waals surface area (Å²) < 4.78 is 0. The SMILES string of the molecule is CCC=CC(=O)NCc1ccc(Cl)cc1N. The maximum atomic E-state index is 11.3. The molecule has 3 nitrogen and oxygen atoms in total. The monoisotopic (exact) mass is 238 g/mol. The topological polar surface area (TPSA) is 55.1 Å². The summed E-state index contributed by atoms with van der Waals surface area (Å²) in [5.74, 6) is -0.115. The van der Waals surface area contributed by atoms with Gasteiger partial charge in [-0.05, 0) is 30.2 Å². The minimum atomic E-state index is -0.115. The van der Waals surface area contributed by atoms with Gasteiger partial charge in [0.1, 0.15) is 0 Å². The summed E-state index contributed by atoms with van der Waals surface area (Å²) in [7, 11) is 0. The van der Waals surface area contributed by atoms with Gasteiger partial charge < -0.3 is 11.1 Å². The highest BCUT2D eigenvalue weighted by molar-refractivity contribution is 6.30. The van der Waals surface area contributed by atoms with E-state index in [0.29, 0.717) is 17.3 Å². The van der Waals surface area contributed by atoms with E-state index in [2.05, 4.69) is 5.32 Å². The fourth-order valence-corrected chi connectivity index (χ4v) is 1.37. The highest BCUT2D eigenvalue weighted by atomic mass is 35.5. The first-order valence-corrected chi connectivity index (χ1v) is 5.49. The zero-order valence-corrected chi connectivity index (χ0v) is 9.92. The van der Waals surface area contributed by atoms with Crippen LogP contribution in [0.4, 0.5) is 5.69 Å². The molecule has 0 aliphatic carbocycles. The molecule has 0 fully saturated rings. The second kappa shape index (κ2) is 6.18. The van der Waals surface area contributed by atoms with Crippen molar-refractivity contribution in [2.45, 2.75) is 19.9 Å². The first kappa shape index (κ1) is 12.6. The van der Waals surface area contributed by atoms with Gasteiger partial charge in [-0.3, -0.25) is 4.79 Å². The third kappa shape index (κ3) is 3.95. The van der Waals surface area contributed by atoms with Crippen molar-refractivity contribution < 1.29 is 4.79 Å². The van der Waals surface area contributed by atoms with Crippen LogP contribution < -0.4 is 11.1 Å². The lowest BCUT2D eigenvalue weighted by Crippen LogP contribution is -2.20. The molecular weight excluding hydrogens is 224 g/mol. The summed E-state index contributed by atoms with van der Waals surface area (Å²) in [5.41, 5.74) is 7.21. The average molecular weight is 239 g/mol. The van der Waals surface area contributed by atoms with Crippen LogP contribution in [0.15, 0.2) is 30.4 Å². The van der Waals surface area contributed by atoms with Crippen LogP contribution in [0.1, 0.15) is 18.9 Å². The van der Waals surface area contributed by atoms with Gasteiger partial charge in [-0.1, -0.05) is 30.7 Å². The van der Waals surface area contributed by atoms with Crippen LogP contribution in [-0.2, 0) is 11.3 Å². The number of carbonyl (C=O) groups excluding carboxylic acids is 1. The maximum Gasteiger partial charge on any atom is 0.243 e. The Labute approximate surface area is 100 Å². The minimum absolute atomic E-state index is 0.115. The Kier molecular flexibility index (Phi) is 4.86. The van der Waals surface area contributed by atoms with Gasteiger partial charge in [0.05, 0.1) is 0 Å². The van der Waals surface area contributed by atoms with Crippen LogP contribution in [0.3, 0.4) is 0 Å². The number of hydrogen-bond acceptors (Lipinski definition) is 2. The number of nitrogen functional groups attached to an aromatic ring is 1. The second-order valence-corrected chi connectivity index (χ2v) is 3.81. The molecule has 0 atom stereocenters. The molecule has 1 amide bonds. The lowest BCUT2D eigenvalue weighted by atomic mass is 10.2. The molecule has 0 saturated heterocycles. The van der Waals surface area contributed by atoms with Gasteiger partial charge in [0.15, 0.2) is 0 Å². The zero-order chi connectivity index (χ0) is 12.0. The van der Waals surface area contributed by atoms with E-state index in [1.165, 1.54) is 6.08 Å². The third-order valence-electron chi connectivity index (χ3n) is 2.07. The van der Waals surface area contributed by atoms with Gasteiger partial charge in [-0.25, -0.2) is 0 Å². The van der Waals surface area contributed by atoms with E-state index in [4.69, 9.17) is 17.3 Å². The fourth-order valence-electron chi connectivity index (χ4n) is 1.19. The molecule has 0 aliphatic rings. The molecule has 0 bridgehead atoms. The second-order valence-electron chi connectivity index (χ2n) is 3.37. The predicted molar refractivity (Wildman–Crippen MR) is 67.1 cm³/mol. The Morgan fingerprint density at radius 2 is 2.31 bits per heavy atom. The number of nitrogens with one attached hydrogen (secondary N) is 1. The van der Waals surface area contributed by atoms with Crippen molar-refractivity contribution >= 4 is 23.2 Å².